The van der Waals surface area contributed by atoms with E-state index in [0.29, 0.717) is 24.2 Å². The molecule has 0 atom stereocenters. The normalized spacial score (nSPS) is 12.6. The Hall–Kier alpha value is -3.40. The molecule has 0 saturated heterocycles. The van der Waals surface area contributed by atoms with Gasteiger partial charge >= 0.3 is 0 Å². The van der Waals surface area contributed by atoms with Gasteiger partial charge < -0.3 is 10.6 Å². The van der Waals surface area contributed by atoms with Gasteiger partial charge in [-0.25, -0.2) is 0 Å². The Kier molecular flexibility index (Phi) is 8.36. The number of benzene rings is 3. The Balaban J connectivity index is 1.30. The summed E-state index contributed by atoms with van der Waals surface area (Å²) in [6.07, 6.45) is 8.01. The van der Waals surface area contributed by atoms with Gasteiger partial charge in [-0.1, -0.05) is 56.7 Å². The molecule has 4 rings (SSSR count). The Morgan fingerprint density at radius 2 is 1.26 bits per heavy atom. The molecule has 2 amide bonds. The van der Waals surface area contributed by atoms with Crippen LogP contribution in [0, 0.1) is 0 Å². The molecule has 0 heterocycles. The quantitative estimate of drug-likeness (QED) is 0.408. The monoisotopic (exact) mass is 468 g/mol. The summed E-state index contributed by atoms with van der Waals surface area (Å²) < 4.78 is 0. The Bertz CT molecular complexity index is 1180. The third-order valence-corrected chi connectivity index (χ3v) is 6.90. The zero-order chi connectivity index (χ0) is 24.6. The highest BCUT2D eigenvalue weighted by molar-refractivity contribution is 5.97. The average molecular weight is 469 g/mol. The van der Waals surface area contributed by atoms with Crippen molar-refractivity contribution < 1.29 is 9.59 Å². The van der Waals surface area contributed by atoms with E-state index in [2.05, 4.69) is 60.9 Å². The Labute approximate surface area is 209 Å². The lowest BCUT2D eigenvalue weighted by Crippen LogP contribution is -2.24. The number of carbonyl (C=O) groups excluding carboxylic acids is 2. The first kappa shape index (κ1) is 24.7. The first-order valence-electron chi connectivity index (χ1n) is 12.9. The molecule has 182 valence electrons. The maximum Gasteiger partial charge on any atom is 0.251 e. The van der Waals surface area contributed by atoms with Crippen LogP contribution in [0.5, 0.6) is 0 Å². The van der Waals surface area contributed by atoms with Crippen molar-refractivity contribution in [2.75, 3.05) is 0 Å². The van der Waals surface area contributed by atoms with E-state index >= 15 is 0 Å². The van der Waals surface area contributed by atoms with Crippen molar-refractivity contribution in [3.63, 3.8) is 0 Å². The number of rotatable bonds is 9. The number of fused-ring (bicyclic) bond motifs is 1. The van der Waals surface area contributed by atoms with Crippen LogP contribution in [0.3, 0.4) is 0 Å². The summed E-state index contributed by atoms with van der Waals surface area (Å²) in [6.45, 7) is 5.35. The van der Waals surface area contributed by atoms with Gasteiger partial charge in [-0.2, -0.15) is 0 Å². The van der Waals surface area contributed by atoms with Gasteiger partial charge in [0.15, 0.2) is 0 Å². The zero-order valence-corrected chi connectivity index (χ0v) is 21.0. The first-order chi connectivity index (χ1) is 17.1. The summed E-state index contributed by atoms with van der Waals surface area (Å²) in [6, 6.07) is 19.9. The van der Waals surface area contributed by atoms with Crippen molar-refractivity contribution in [3.05, 3.63) is 105 Å². The highest BCUT2D eigenvalue weighted by Crippen LogP contribution is 2.22. The predicted octanol–water partition coefficient (Wildman–Crippen LogP) is 5.94. The van der Waals surface area contributed by atoms with E-state index in [1.807, 2.05) is 0 Å². The molecule has 0 aliphatic heterocycles. The lowest BCUT2D eigenvalue weighted by Gasteiger charge is -2.16. The number of aryl methyl sites for hydroxylation is 4. The maximum absolute atomic E-state index is 12.6. The standard InChI is InChI=1S/C31H36N2O2/c1-3-7-25-12-10-22(18-24(25)4-2)20-32-30(34)27-14-16-28(17-15-27)31(35)33-21-23-11-13-26-8-5-6-9-29(26)19-23/h10-19H,3-9,20-21H2,1-2H3,(H,32,34)(H,33,35). The second-order valence-electron chi connectivity index (χ2n) is 9.46. The van der Waals surface area contributed by atoms with E-state index in [-0.39, 0.29) is 11.8 Å². The minimum absolute atomic E-state index is 0.131. The zero-order valence-electron chi connectivity index (χ0n) is 21.0. The summed E-state index contributed by atoms with van der Waals surface area (Å²) >= 11 is 0. The van der Waals surface area contributed by atoms with Gasteiger partial charge in [0.25, 0.3) is 11.8 Å². The first-order valence-corrected chi connectivity index (χ1v) is 12.9. The third kappa shape index (κ3) is 6.39. The van der Waals surface area contributed by atoms with Crippen molar-refractivity contribution in [1.82, 2.24) is 10.6 Å². The molecule has 0 fully saturated rings. The van der Waals surface area contributed by atoms with E-state index in [1.165, 1.54) is 35.1 Å². The van der Waals surface area contributed by atoms with Gasteiger partial charge in [-0.3, -0.25) is 9.59 Å². The summed E-state index contributed by atoms with van der Waals surface area (Å²) in [5.41, 5.74) is 8.95. The van der Waals surface area contributed by atoms with Crippen LogP contribution in [0.4, 0.5) is 0 Å². The summed E-state index contributed by atoms with van der Waals surface area (Å²) in [7, 11) is 0. The fourth-order valence-corrected chi connectivity index (χ4v) is 4.87. The van der Waals surface area contributed by atoms with Crippen molar-refractivity contribution in [3.8, 4) is 0 Å². The number of hydrogen-bond acceptors (Lipinski definition) is 2. The van der Waals surface area contributed by atoms with Gasteiger partial charge in [0.1, 0.15) is 0 Å². The molecule has 4 nitrogen and oxygen atoms in total. The topological polar surface area (TPSA) is 58.2 Å². The SMILES string of the molecule is CCCc1ccc(CNC(=O)c2ccc(C(=O)NCc3ccc4c(c3)CCCC4)cc2)cc1CC. The molecule has 0 bridgehead atoms. The fourth-order valence-electron chi connectivity index (χ4n) is 4.87. The number of carbonyl (C=O) groups is 2. The van der Waals surface area contributed by atoms with E-state index in [1.54, 1.807) is 24.3 Å². The second kappa shape index (κ2) is 11.8. The molecule has 1 aliphatic rings. The van der Waals surface area contributed by atoms with Gasteiger partial charge in [0.2, 0.25) is 0 Å². The van der Waals surface area contributed by atoms with Crippen LogP contribution in [-0.4, -0.2) is 11.8 Å². The van der Waals surface area contributed by atoms with Crippen LogP contribution < -0.4 is 10.6 Å². The molecular formula is C31H36N2O2. The molecule has 0 spiro atoms. The van der Waals surface area contributed by atoms with E-state index < -0.39 is 0 Å². The van der Waals surface area contributed by atoms with Gasteiger partial charge in [0.05, 0.1) is 0 Å². The minimum atomic E-state index is -0.137. The van der Waals surface area contributed by atoms with Crippen molar-refractivity contribution >= 4 is 11.8 Å². The van der Waals surface area contributed by atoms with Crippen LogP contribution in [0.25, 0.3) is 0 Å². The minimum Gasteiger partial charge on any atom is -0.348 e. The van der Waals surface area contributed by atoms with Crippen LogP contribution in [-0.2, 0) is 38.8 Å². The largest absolute Gasteiger partial charge is 0.348 e. The maximum atomic E-state index is 12.6. The van der Waals surface area contributed by atoms with E-state index in [4.69, 9.17) is 0 Å². The van der Waals surface area contributed by atoms with E-state index in [0.717, 1.165) is 43.2 Å². The number of nitrogens with one attached hydrogen (secondary N) is 2. The lowest BCUT2D eigenvalue weighted by atomic mass is 9.90. The van der Waals surface area contributed by atoms with Crippen molar-refractivity contribution in [2.45, 2.75) is 71.9 Å². The Morgan fingerprint density at radius 3 is 1.86 bits per heavy atom. The van der Waals surface area contributed by atoms with Gasteiger partial charge in [-0.15, -0.1) is 0 Å². The predicted molar refractivity (Wildman–Crippen MR) is 142 cm³/mol. The van der Waals surface area contributed by atoms with Gasteiger partial charge in [-0.05, 0) is 96.2 Å². The molecule has 3 aromatic carbocycles. The van der Waals surface area contributed by atoms with Crippen molar-refractivity contribution in [2.24, 2.45) is 0 Å². The highest BCUT2D eigenvalue weighted by Gasteiger charge is 2.12. The Morgan fingerprint density at radius 1 is 0.686 bits per heavy atom. The number of amides is 2. The summed E-state index contributed by atoms with van der Waals surface area (Å²) in [5.74, 6) is -0.268. The smallest absolute Gasteiger partial charge is 0.251 e. The molecule has 0 unspecified atom stereocenters. The van der Waals surface area contributed by atoms with Crippen molar-refractivity contribution in [1.29, 1.82) is 0 Å². The molecule has 0 saturated carbocycles. The highest BCUT2D eigenvalue weighted by atomic mass is 16.2. The third-order valence-electron chi connectivity index (χ3n) is 6.90. The molecule has 2 N–H and O–H groups in total. The lowest BCUT2D eigenvalue weighted by molar-refractivity contribution is 0.0939. The second-order valence-corrected chi connectivity index (χ2v) is 9.46. The van der Waals surface area contributed by atoms with Crippen LogP contribution >= 0.6 is 0 Å². The van der Waals surface area contributed by atoms with E-state index in [9.17, 15) is 9.59 Å². The molecule has 4 heteroatoms. The van der Waals surface area contributed by atoms with Crippen LogP contribution in [0.2, 0.25) is 0 Å². The summed E-state index contributed by atoms with van der Waals surface area (Å²) in [4.78, 5) is 25.3. The number of hydrogen-bond donors (Lipinski definition) is 2. The average Bonchev–Trinajstić information content (AvgIpc) is 2.91. The van der Waals surface area contributed by atoms with Crippen LogP contribution in [0.1, 0.15) is 87.2 Å². The molecule has 35 heavy (non-hydrogen) atoms. The van der Waals surface area contributed by atoms with Crippen LogP contribution in [0.15, 0.2) is 60.7 Å². The van der Waals surface area contributed by atoms with Gasteiger partial charge in [0, 0.05) is 24.2 Å². The fraction of sp³-hybridized carbons (Fsp3) is 0.355. The summed E-state index contributed by atoms with van der Waals surface area (Å²) in [5, 5.41) is 6.00. The molecule has 0 aromatic heterocycles. The molecule has 0 radical (unpaired) electrons. The molecule has 1 aliphatic carbocycles. The molecule has 3 aromatic rings. The molecular weight excluding hydrogens is 432 g/mol.